The molecule has 0 aliphatic heterocycles. The topological polar surface area (TPSA) is 92.6 Å². The van der Waals surface area contributed by atoms with Crippen LogP contribution in [0.15, 0.2) is 61.7 Å². The van der Waals surface area contributed by atoms with Crippen LogP contribution in [0.5, 0.6) is 0 Å². The fraction of sp³-hybridized carbons (Fsp3) is 0.417. The number of halogens is 2. The number of ether oxygens (including phenoxy) is 1. The molecule has 2 rings (SSSR count). The van der Waals surface area contributed by atoms with Crippen molar-refractivity contribution in [2.45, 2.75) is 40.4 Å². The normalized spacial score (nSPS) is 9.18. The predicted molar refractivity (Wildman–Crippen MR) is 134 cm³/mol. The molecule has 33 heavy (non-hydrogen) atoms. The predicted octanol–water partition coefficient (Wildman–Crippen LogP) is 4.61. The summed E-state index contributed by atoms with van der Waals surface area (Å²) in [6.07, 6.45) is 8.04. The van der Waals surface area contributed by atoms with Gasteiger partial charge in [-0.2, -0.15) is 0 Å². The zero-order valence-electron chi connectivity index (χ0n) is 19.6. The highest BCUT2D eigenvalue weighted by molar-refractivity contribution is 6.63. The highest BCUT2D eigenvalue weighted by Gasteiger charge is 1.96. The summed E-state index contributed by atoms with van der Waals surface area (Å²) in [5.74, 6) is -0.0960. The van der Waals surface area contributed by atoms with Crippen molar-refractivity contribution in [1.29, 1.82) is 0 Å². The summed E-state index contributed by atoms with van der Waals surface area (Å²) in [6, 6.07) is 7.25. The fourth-order valence-electron chi connectivity index (χ4n) is 1.93. The SMILES string of the molecule is C=CC(=O)OCc1cccnc1.CCN(CC)CC.O=C(Cl)CCCl.OCc1cccnc1. The minimum atomic E-state index is -0.418. The van der Waals surface area contributed by atoms with Gasteiger partial charge in [0.1, 0.15) is 6.61 Å². The first-order valence-corrected chi connectivity index (χ1v) is 11.4. The smallest absolute Gasteiger partial charge is 0.330 e. The van der Waals surface area contributed by atoms with Crippen molar-refractivity contribution in [2.24, 2.45) is 0 Å². The molecule has 7 nitrogen and oxygen atoms in total. The summed E-state index contributed by atoms with van der Waals surface area (Å²) < 4.78 is 4.78. The van der Waals surface area contributed by atoms with Crippen LogP contribution in [0.1, 0.15) is 38.3 Å². The molecule has 9 heteroatoms. The Bertz CT molecular complexity index is 725. The molecular formula is C24H35Cl2N3O4. The van der Waals surface area contributed by atoms with Gasteiger partial charge in [0, 0.05) is 48.7 Å². The van der Waals surface area contributed by atoms with Crippen molar-refractivity contribution < 1.29 is 19.4 Å². The molecule has 2 aromatic rings. The number of carbonyl (C=O) groups is 2. The molecule has 0 bridgehead atoms. The second-order valence-electron chi connectivity index (χ2n) is 6.11. The average Bonchev–Trinajstić information content (AvgIpc) is 2.86. The molecule has 2 heterocycles. The Kier molecular flexibility index (Phi) is 24.2. The van der Waals surface area contributed by atoms with Gasteiger partial charge in [-0.3, -0.25) is 14.8 Å². The van der Waals surface area contributed by atoms with Gasteiger partial charge in [-0.25, -0.2) is 4.79 Å². The summed E-state index contributed by atoms with van der Waals surface area (Å²) in [5.41, 5.74) is 1.72. The van der Waals surface area contributed by atoms with Gasteiger partial charge >= 0.3 is 5.97 Å². The van der Waals surface area contributed by atoms with Crippen LogP contribution in [0, 0.1) is 0 Å². The fourth-order valence-corrected chi connectivity index (χ4v) is 2.30. The summed E-state index contributed by atoms with van der Waals surface area (Å²) >= 11 is 9.95. The lowest BCUT2D eigenvalue weighted by atomic mass is 10.3. The van der Waals surface area contributed by atoms with Crippen LogP contribution < -0.4 is 0 Å². The van der Waals surface area contributed by atoms with Crippen LogP contribution in [0.2, 0.25) is 0 Å². The lowest BCUT2D eigenvalue weighted by Gasteiger charge is -2.13. The first-order chi connectivity index (χ1) is 15.9. The van der Waals surface area contributed by atoms with E-state index in [0.717, 1.165) is 17.2 Å². The molecule has 0 atom stereocenters. The molecule has 0 radical (unpaired) electrons. The molecular weight excluding hydrogens is 465 g/mol. The van der Waals surface area contributed by atoms with Crippen molar-refractivity contribution in [3.8, 4) is 0 Å². The third kappa shape index (κ3) is 22.7. The van der Waals surface area contributed by atoms with E-state index in [0.29, 0.717) is 5.88 Å². The van der Waals surface area contributed by atoms with E-state index in [4.69, 9.17) is 33.0 Å². The van der Waals surface area contributed by atoms with Crippen molar-refractivity contribution in [3.05, 3.63) is 72.8 Å². The van der Waals surface area contributed by atoms with Gasteiger partial charge in [-0.1, -0.05) is 39.5 Å². The van der Waals surface area contributed by atoms with Crippen LogP contribution in [0.25, 0.3) is 0 Å². The van der Waals surface area contributed by atoms with Gasteiger partial charge in [0.25, 0.3) is 0 Å². The lowest BCUT2D eigenvalue weighted by molar-refractivity contribution is -0.139. The zero-order valence-corrected chi connectivity index (χ0v) is 21.1. The first-order valence-electron chi connectivity index (χ1n) is 10.5. The Balaban J connectivity index is 0. The molecule has 0 saturated carbocycles. The van der Waals surface area contributed by atoms with Crippen LogP contribution >= 0.6 is 23.2 Å². The maximum absolute atomic E-state index is 10.6. The zero-order chi connectivity index (χ0) is 25.3. The summed E-state index contributed by atoms with van der Waals surface area (Å²) in [5, 5.41) is 8.13. The highest BCUT2D eigenvalue weighted by atomic mass is 35.5. The third-order valence-electron chi connectivity index (χ3n) is 3.81. The number of rotatable bonds is 9. The van der Waals surface area contributed by atoms with Gasteiger partial charge in [0.05, 0.1) is 6.61 Å². The second-order valence-corrected chi connectivity index (χ2v) is 6.91. The van der Waals surface area contributed by atoms with Gasteiger partial charge in [-0.15, -0.1) is 11.6 Å². The van der Waals surface area contributed by atoms with E-state index in [1.807, 2.05) is 12.1 Å². The van der Waals surface area contributed by atoms with Crippen molar-refractivity contribution in [1.82, 2.24) is 14.9 Å². The van der Waals surface area contributed by atoms with Crippen molar-refractivity contribution in [2.75, 3.05) is 25.5 Å². The molecule has 0 amide bonds. The molecule has 184 valence electrons. The number of aromatic nitrogens is 2. The minimum absolute atomic E-state index is 0.0772. The molecule has 0 aromatic carbocycles. The van der Waals surface area contributed by atoms with Crippen LogP contribution in [0.3, 0.4) is 0 Å². The number of alkyl halides is 1. The summed E-state index contributed by atoms with van der Waals surface area (Å²) in [7, 11) is 0. The number of aliphatic hydroxyl groups is 1. The largest absolute Gasteiger partial charge is 0.458 e. The Hall–Kier alpha value is -2.32. The standard InChI is InChI=1S/C9H9NO2.C6H7NO.C6H15N.C3H4Cl2O/c1-2-9(11)12-7-8-4-3-5-10-6-8;8-5-6-2-1-3-7-4-6;1-4-7(5-2)6-3;4-2-1-3(5)6/h2-6H,1,7H2;1-4,8H,5H2;4-6H2,1-3H3;1-2H2. The van der Waals surface area contributed by atoms with Gasteiger partial charge < -0.3 is 14.7 Å². The third-order valence-corrected chi connectivity index (χ3v) is 4.19. The number of esters is 1. The van der Waals surface area contributed by atoms with Crippen molar-refractivity contribution in [3.63, 3.8) is 0 Å². The van der Waals surface area contributed by atoms with Crippen LogP contribution in [-0.4, -0.2) is 56.7 Å². The van der Waals surface area contributed by atoms with E-state index >= 15 is 0 Å². The molecule has 2 aromatic heterocycles. The minimum Gasteiger partial charge on any atom is -0.458 e. The average molecular weight is 500 g/mol. The van der Waals surface area contributed by atoms with E-state index < -0.39 is 5.97 Å². The van der Waals surface area contributed by atoms with Crippen molar-refractivity contribution >= 4 is 34.4 Å². The van der Waals surface area contributed by atoms with Gasteiger partial charge in [-0.05, 0) is 48.9 Å². The molecule has 1 N–H and O–H groups in total. The van der Waals surface area contributed by atoms with Crippen LogP contribution in [-0.2, 0) is 27.5 Å². The molecule has 0 unspecified atom stereocenters. The molecule has 0 fully saturated rings. The number of hydrogen-bond acceptors (Lipinski definition) is 7. The monoisotopic (exact) mass is 499 g/mol. The van der Waals surface area contributed by atoms with E-state index in [-0.39, 0.29) is 24.9 Å². The highest BCUT2D eigenvalue weighted by Crippen LogP contribution is 1.98. The Morgan fingerprint density at radius 3 is 1.82 bits per heavy atom. The van der Waals surface area contributed by atoms with E-state index in [9.17, 15) is 9.59 Å². The number of pyridine rings is 2. The quantitative estimate of drug-likeness (QED) is 0.233. The maximum Gasteiger partial charge on any atom is 0.330 e. The number of hydrogen-bond donors (Lipinski definition) is 1. The summed E-state index contributed by atoms with van der Waals surface area (Å²) in [4.78, 5) is 30.4. The number of carbonyl (C=O) groups excluding carboxylic acids is 2. The van der Waals surface area contributed by atoms with Crippen LogP contribution in [0.4, 0.5) is 0 Å². The number of nitrogens with zero attached hydrogens (tertiary/aromatic N) is 3. The molecule has 0 aliphatic carbocycles. The summed E-state index contributed by atoms with van der Waals surface area (Å²) in [6.45, 7) is 13.7. The van der Waals surface area contributed by atoms with E-state index in [1.165, 1.54) is 19.6 Å². The maximum atomic E-state index is 10.6. The molecule has 0 aliphatic rings. The van der Waals surface area contributed by atoms with E-state index in [1.54, 1.807) is 36.9 Å². The lowest BCUT2D eigenvalue weighted by Crippen LogP contribution is -2.21. The molecule has 0 saturated heterocycles. The Morgan fingerprint density at radius 1 is 1.06 bits per heavy atom. The Morgan fingerprint density at radius 2 is 1.58 bits per heavy atom. The Labute approximate surface area is 207 Å². The molecule has 0 spiro atoms. The van der Waals surface area contributed by atoms with Gasteiger partial charge in [0.15, 0.2) is 0 Å². The number of aliphatic hydroxyl groups excluding tert-OH is 1. The first kappa shape index (κ1) is 32.9. The van der Waals surface area contributed by atoms with E-state index in [2.05, 4.69) is 42.2 Å². The second kappa shape index (κ2) is 24.3. The van der Waals surface area contributed by atoms with Gasteiger partial charge in [0.2, 0.25) is 5.24 Å².